The number of carboxylic acids is 1. The molecule has 0 aliphatic rings. The summed E-state index contributed by atoms with van der Waals surface area (Å²) in [5, 5.41) is 20.9. The number of rotatable bonds is 5. The number of amides is 1. The molecule has 96 valence electrons. The first-order valence-electron chi connectivity index (χ1n) is 4.52. The fourth-order valence-electron chi connectivity index (χ4n) is 1.12. The maximum atomic E-state index is 12.4. The fraction of sp³-hybridized carbons (Fsp3) is 0.111. The van der Waals surface area contributed by atoms with Crippen LogP contribution in [-0.2, 0) is 4.79 Å². The quantitative estimate of drug-likeness (QED) is 0.620. The van der Waals surface area contributed by atoms with Gasteiger partial charge in [-0.15, -0.1) is 0 Å². The lowest BCUT2D eigenvalue weighted by molar-refractivity contribution is -0.385. The van der Waals surface area contributed by atoms with Crippen LogP contribution in [0.15, 0.2) is 23.1 Å². The molecule has 0 aliphatic heterocycles. The van der Waals surface area contributed by atoms with Crippen molar-refractivity contribution >= 4 is 29.7 Å². The van der Waals surface area contributed by atoms with Crippen LogP contribution in [0.5, 0.6) is 0 Å². The predicted molar refractivity (Wildman–Crippen MR) is 60.0 cm³/mol. The third-order valence-electron chi connectivity index (χ3n) is 1.85. The third-order valence-corrected chi connectivity index (χ3v) is 2.27. The Morgan fingerprint density at radius 2 is 2.11 bits per heavy atom. The third kappa shape index (κ3) is 3.70. The monoisotopic (exact) mass is 274 g/mol. The summed E-state index contributed by atoms with van der Waals surface area (Å²) in [6, 6.07) is 3.00. The average Bonchev–Trinajstić information content (AvgIpc) is 2.35. The van der Waals surface area contributed by atoms with Crippen molar-refractivity contribution < 1.29 is 23.5 Å². The molecule has 9 heteroatoms. The number of halogens is 1. The number of non-ortho nitro benzene ring substituents is 1. The Hall–Kier alpha value is -2.16. The maximum absolute atomic E-state index is 12.4. The zero-order chi connectivity index (χ0) is 13.7. The molecule has 1 rings (SSSR count). The molecule has 1 aromatic rings. The van der Waals surface area contributed by atoms with Crippen molar-refractivity contribution in [2.45, 2.75) is 4.90 Å². The minimum absolute atomic E-state index is 0.107. The summed E-state index contributed by atoms with van der Waals surface area (Å²) in [5.41, 5.74) is -0.622. The summed E-state index contributed by atoms with van der Waals surface area (Å²) in [6.07, 6.45) is 0. The number of benzene rings is 1. The van der Waals surface area contributed by atoms with Gasteiger partial charge in [-0.25, -0.2) is 0 Å². The van der Waals surface area contributed by atoms with E-state index in [0.29, 0.717) is 0 Å². The number of nitrogens with zero attached hydrogens (tertiary/aromatic N) is 1. The van der Waals surface area contributed by atoms with Gasteiger partial charge in [0.2, 0.25) is 0 Å². The van der Waals surface area contributed by atoms with E-state index in [4.69, 9.17) is 5.11 Å². The molecule has 2 N–H and O–H groups in total. The van der Waals surface area contributed by atoms with E-state index < -0.39 is 29.0 Å². The van der Waals surface area contributed by atoms with Gasteiger partial charge in [0.25, 0.3) is 11.6 Å². The number of nitro groups is 1. The number of nitrogens with one attached hydrogen (secondary N) is 1. The molecule has 0 saturated carbocycles. The highest BCUT2D eigenvalue weighted by Crippen LogP contribution is 2.25. The van der Waals surface area contributed by atoms with E-state index in [0.717, 1.165) is 18.2 Å². The summed E-state index contributed by atoms with van der Waals surface area (Å²) in [6.45, 7) is -0.625. The van der Waals surface area contributed by atoms with Crippen molar-refractivity contribution in [1.82, 2.24) is 5.32 Å². The average molecular weight is 274 g/mol. The first kappa shape index (κ1) is 13.9. The van der Waals surface area contributed by atoms with Crippen molar-refractivity contribution in [2.75, 3.05) is 6.54 Å². The molecule has 0 saturated heterocycles. The minimum atomic E-state index is -1.26. The zero-order valence-corrected chi connectivity index (χ0v) is 9.57. The van der Waals surface area contributed by atoms with Gasteiger partial charge in [-0.05, 0) is 6.07 Å². The van der Waals surface area contributed by atoms with Crippen LogP contribution in [-0.4, -0.2) is 28.5 Å². The summed E-state index contributed by atoms with van der Waals surface area (Å²) < 4.78 is 12.4. The van der Waals surface area contributed by atoms with Crippen molar-refractivity contribution in [3.8, 4) is 0 Å². The smallest absolute Gasteiger partial charge is 0.322 e. The molecule has 0 heterocycles. The number of carboxylic acid groups (broad SMARTS) is 1. The molecule has 1 aromatic carbocycles. The predicted octanol–water partition coefficient (Wildman–Crippen LogP) is 1.39. The lowest BCUT2D eigenvalue weighted by atomic mass is 10.2. The number of hydrogen-bond donors (Lipinski definition) is 2. The van der Waals surface area contributed by atoms with E-state index in [9.17, 15) is 23.6 Å². The Morgan fingerprint density at radius 1 is 1.44 bits per heavy atom. The summed E-state index contributed by atoms with van der Waals surface area (Å²) in [4.78, 5) is 31.4. The van der Waals surface area contributed by atoms with Crippen LogP contribution in [0.4, 0.5) is 9.57 Å². The molecular weight excluding hydrogens is 267 g/mol. The first-order chi connectivity index (χ1) is 8.43. The Kier molecular flexibility index (Phi) is 4.60. The van der Waals surface area contributed by atoms with E-state index >= 15 is 0 Å². The normalized spacial score (nSPS) is 9.83. The Balaban J connectivity index is 3.00. The molecule has 0 bridgehead atoms. The highest BCUT2D eigenvalue weighted by Gasteiger charge is 2.15. The van der Waals surface area contributed by atoms with Gasteiger partial charge in [0.15, 0.2) is 0 Å². The van der Waals surface area contributed by atoms with Gasteiger partial charge in [0.05, 0.1) is 17.1 Å². The van der Waals surface area contributed by atoms with Crippen molar-refractivity contribution in [1.29, 1.82) is 0 Å². The summed E-state index contributed by atoms with van der Waals surface area (Å²) >= 11 is -0.244. The molecule has 0 spiro atoms. The van der Waals surface area contributed by atoms with Gasteiger partial charge < -0.3 is 10.4 Å². The number of carbonyl (C=O) groups is 2. The Bertz CT molecular complexity index is 508. The highest BCUT2D eigenvalue weighted by molar-refractivity contribution is 7.94. The number of carbonyl (C=O) groups excluding carboxylic acids is 1. The Labute approximate surface area is 104 Å². The SMILES string of the molecule is O=C(O)CNC(=O)c1cc(SF)cc([N+](=O)[O-])c1. The lowest BCUT2D eigenvalue weighted by Gasteiger charge is -2.03. The van der Waals surface area contributed by atoms with Crippen LogP contribution in [0, 0.1) is 10.1 Å². The van der Waals surface area contributed by atoms with Crippen LogP contribution in [0.25, 0.3) is 0 Å². The Morgan fingerprint density at radius 3 is 2.61 bits per heavy atom. The van der Waals surface area contributed by atoms with Crippen molar-refractivity contribution in [3.05, 3.63) is 33.9 Å². The second-order valence-corrected chi connectivity index (χ2v) is 3.75. The van der Waals surface area contributed by atoms with Gasteiger partial charge in [-0.3, -0.25) is 19.7 Å². The molecule has 1 amide bonds. The molecule has 0 unspecified atom stereocenters. The zero-order valence-electron chi connectivity index (χ0n) is 8.75. The second-order valence-electron chi connectivity index (χ2n) is 3.13. The second kappa shape index (κ2) is 5.96. The molecule has 7 nitrogen and oxygen atoms in total. The topological polar surface area (TPSA) is 110 Å². The first-order valence-corrected chi connectivity index (χ1v) is 5.24. The van der Waals surface area contributed by atoms with Crippen LogP contribution >= 0.6 is 12.1 Å². The highest BCUT2D eigenvalue weighted by atomic mass is 32.2. The van der Waals surface area contributed by atoms with Crippen molar-refractivity contribution in [3.63, 3.8) is 0 Å². The van der Waals surface area contributed by atoms with Gasteiger partial charge in [0, 0.05) is 22.6 Å². The molecule has 18 heavy (non-hydrogen) atoms. The summed E-state index contributed by atoms with van der Waals surface area (Å²) in [7, 11) is 0. The summed E-state index contributed by atoms with van der Waals surface area (Å²) in [5.74, 6) is -2.08. The van der Waals surface area contributed by atoms with Crippen LogP contribution in [0.2, 0.25) is 0 Å². The molecule has 0 atom stereocenters. The van der Waals surface area contributed by atoms with Gasteiger partial charge in [-0.1, -0.05) is 0 Å². The largest absolute Gasteiger partial charge is 0.480 e. The number of hydrogen-bond acceptors (Lipinski definition) is 5. The lowest BCUT2D eigenvalue weighted by Crippen LogP contribution is -2.29. The minimum Gasteiger partial charge on any atom is -0.480 e. The van der Waals surface area contributed by atoms with Crippen LogP contribution in [0.1, 0.15) is 10.4 Å². The van der Waals surface area contributed by atoms with Crippen LogP contribution < -0.4 is 5.32 Å². The van der Waals surface area contributed by atoms with Gasteiger partial charge in [-0.2, -0.15) is 3.89 Å². The van der Waals surface area contributed by atoms with Gasteiger partial charge in [0.1, 0.15) is 6.54 Å². The van der Waals surface area contributed by atoms with E-state index in [-0.39, 0.29) is 22.6 Å². The number of aliphatic carboxylic acids is 1. The molecule has 0 radical (unpaired) electrons. The standard InChI is InChI=1S/C9H7FN2O5S/c10-18-7-2-5(1-6(3-7)12(16)17)9(15)11-4-8(13)14/h1-3H,4H2,(H,11,15)(H,13,14). The van der Waals surface area contributed by atoms with Crippen LogP contribution in [0.3, 0.4) is 0 Å². The fourth-order valence-corrected chi connectivity index (χ4v) is 1.46. The van der Waals surface area contributed by atoms with E-state index in [1.165, 1.54) is 0 Å². The van der Waals surface area contributed by atoms with E-state index in [1.54, 1.807) is 0 Å². The molecule has 0 aromatic heterocycles. The van der Waals surface area contributed by atoms with E-state index in [2.05, 4.69) is 0 Å². The van der Waals surface area contributed by atoms with E-state index in [1.807, 2.05) is 5.32 Å². The molecular formula is C9H7FN2O5S. The molecule has 0 aliphatic carbocycles. The maximum Gasteiger partial charge on any atom is 0.322 e. The van der Waals surface area contributed by atoms with Gasteiger partial charge >= 0.3 is 5.97 Å². The van der Waals surface area contributed by atoms with Crippen molar-refractivity contribution in [2.24, 2.45) is 0 Å². The molecule has 0 fully saturated rings. The number of nitro benzene ring substituents is 1.